The summed E-state index contributed by atoms with van der Waals surface area (Å²) in [5.74, 6) is -1.67. The molecule has 110 valence electrons. The van der Waals surface area contributed by atoms with Crippen molar-refractivity contribution < 1.29 is 18.4 Å². The Bertz CT molecular complexity index is 710. The second kappa shape index (κ2) is 6.15. The molecule has 2 aromatic carbocycles. The van der Waals surface area contributed by atoms with E-state index in [4.69, 9.17) is 10.5 Å². The molecule has 0 bridgehead atoms. The standard InChI is InChI=1S/C13H9BrF2N2O3/c14-8-4-11(18(19)20)13(5-10(8)16)21-12-3-1-2-9(15)7(12)6-17/h1-5H,6,17H2. The van der Waals surface area contributed by atoms with Crippen LogP contribution < -0.4 is 10.5 Å². The Morgan fingerprint density at radius 3 is 2.57 bits per heavy atom. The molecular weight excluding hydrogens is 350 g/mol. The zero-order chi connectivity index (χ0) is 15.6. The van der Waals surface area contributed by atoms with Gasteiger partial charge < -0.3 is 10.5 Å². The molecule has 0 aliphatic carbocycles. The van der Waals surface area contributed by atoms with E-state index < -0.39 is 22.2 Å². The van der Waals surface area contributed by atoms with Crippen LogP contribution in [0, 0.1) is 21.7 Å². The summed E-state index contributed by atoms with van der Waals surface area (Å²) < 4.78 is 32.3. The summed E-state index contributed by atoms with van der Waals surface area (Å²) in [5, 5.41) is 11.0. The monoisotopic (exact) mass is 358 g/mol. The maximum absolute atomic E-state index is 13.6. The number of ether oxygens (including phenoxy) is 1. The lowest BCUT2D eigenvalue weighted by Gasteiger charge is -2.11. The van der Waals surface area contributed by atoms with Gasteiger partial charge >= 0.3 is 5.69 Å². The van der Waals surface area contributed by atoms with Crippen molar-refractivity contribution in [2.24, 2.45) is 5.73 Å². The summed E-state index contributed by atoms with van der Waals surface area (Å²) in [7, 11) is 0. The number of nitrogens with two attached hydrogens (primary N) is 1. The Hall–Kier alpha value is -2.06. The van der Waals surface area contributed by atoms with E-state index in [2.05, 4.69) is 15.9 Å². The highest BCUT2D eigenvalue weighted by Gasteiger charge is 2.21. The summed E-state index contributed by atoms with van der Waals surface area (Å²) in [5.41, 5.74) is 5.02. The van der Waals surface area contributed by atoms with E-state index in [-0.39, 0.29) is 28.1 Å². The molecule has 8 heteroatoms. The van der Waals surface area contributed by atoms with Gasteiger partial charge in [0.1, 0.15) is 17.4 Å². The van der Waals surface area contributed by atoms with Crippen molar-refractivity contribution in [2.45, 2.75) is 6.54 Å². The largest absolute Gasteiger partial charge is 0.450 e. The molecular formula is C13H9BrF2N2O3. The third-order valence-corrected chi connectivity index (χ3v) is 3.31. The van der Waals surface area contributed by atoms with Gasteiger partial charge in [0.25, 0.3) is 0 Å². The minimum atomic E-state index is -0.735. The number of benzene rings is 2. The smallest absolute Gasteiger partial charge is 0.312 e. The molecule has 21 heavy (non-hydrogen) atoms. The van der Waals surface area contributed by atoms with E-state index >= 15 is 0 Å². The fourth-order valence-electron chi connectivity index (χ4n) is 1.69. The SMILES string of the molecule is NCc1c(F)cccc1Oc1cc(F)c(Br)cc1[N+](=O)[O-]. The van der Waals surface area contributed by atoms with E-state index in [1.807, 2.05) is 0 Å². The number of nitro groups is 1. The number of halogens is 3. The van der Waals surface area contributed by atoms with Crippen molar-refractivity contribution in [2.75, 3.05) is 0 Å². The number of hydrogen-bond donors (Lipinski definition) is 1. The molecule has 0 radical (unpaired) electrons. The molecule has 0 unspecified atom stereocenters. The van der Waals surface area contributed by atoms with Gasteiger partial charge in [-0.2, -0.15) is 0 Å². The molecule has 0 fully saturated rings. The number of rotatable bonds is 4. The van der Waals surface area contributed by atoms with Crippen molar-refractivity contribution in [3.05, 3.63) is 62.1 Å². The van der Waals surface area contributed by atoms with E-state index in [9.17, 15) is 18.9 Å². The van der Waals surface area contributed by atoms with Crippen molar-refractivity contribution in [3.63, 3.8) is 0 Å². The first kappa shape index (κ1) is 15.3. The Morgan fingerprint density at radius 1 is 1.24 bits per heavy atom. The van der Waals surface area contributed by atoms with Crippen LogP contribution in [0.4, 0.5) is 14.5 Å². The van der Waals surface area contributed by atoms with Gasteiger partial charge in [0.15, 0.2) is 0 Å². The molecule has 0 amide bonds. The minimum absolute atomic E-state index is 0.00215. The van der Waals surface area contributed by atoms with E-state index in [1.165, 1.54) is 18.2 Å². The molecule has 2 aromatic rings. The lowest BCUT2D eigenvalue weighted by atomic mass is 10.2. The molecule has 0 saturated carbocycles. The molecule has 0 heterocycles. The molecule has 0 aliphatic rings. The van der Waals surface area contributed by atoms with Gasteiger partial charge in [0, 0.05) is 24.2 Å². The average molecular weight is 359 g/mol. The summed E-state index contributed by atoms with van der Waals surface area (Å²) >= 11 is 2.86. The van der Waals surface area contributed by atoms with Crippen LogP contribution in [0.15, 0.2) is 34.8 Å². The molecule has 0 spiro atoms. The van der Waals surface area contributed by atoms with Crippen LogP contribution >= 0.6 is 15.9 Å². The minimum Gasteiger partial charge on any atom is -0.450 e. The molecule has 0 saturated heterocycles. The Kier molecular flexibility index (Phi) is 4.49. The van der Waals surface area contributed by atoms with Crippen LogP contribution in [-0.4, -0.2) is 4.92 Å². The van der Waals surface area contributed by atoms with Crippen molar-refractivity contribution >= 4 is 21.6 Å². The van der Waals surface area contributed by atoms with Gasteiger partial charge in [-0.15, -0.1) is 0 Å². The van der Waals surface area contributed by atoms with Crippen LogP contribution in [0.25, 0.3) is 0 Å². The molecule has 0 atom stereocenters. The maximum atomic E-state index is 13.6. The Labute approximate surface area is 126 Å². The van der Waals surface area contributed by atoms with E-state index in [0.717, 1.165) is 12.1 Å². The van der Waals surface area contributed by atoms with Gasteiger partial charge in [-0.05, 0) is 28.1 Å². The van der Waals surface area contributed by atoms with E-state index in [1.54, 1.807) is 0 Å². The maximum Gasteiger partial charge on any atom is 0.312 e. The molecule has 0 aromatic heterocycles. The highest BCUT2D eigenvalue weighted by Crippen LogP contribution is 2.36. The van der Waals surface area contributed by atoms with Crippen LogP contribution in [0.2, 0.25) is 0 Å². The van der Waals surface area contributed by atoms with Crippen LogP contribution in [0.3, 0.4) is 0 Å². The van der Waals surface area contributed by atoms with Gasteiger partial charge in [0.2, 0.25) is 5.75 Å². The lowest BCUT2D eigenvalue weighted by molar-refractivity contribution is -0.385. The van der Waals surface area contributed by atoms with Gasteiger partial charge in [-0.25, -0.2) is 8.78 Å². The number of nitrogens with zero attached hydrogens (tertiary/aromatic N) is 1. The topological polar surface area (TPSA) is 78.4 Å². The first-order valence-electron chi connectivity index (χ1n) is 5.72. The number of nitro benzene ring substituents is 1. The lowest BCUT2D eigenvalue weighted by Crippen LogP contribution is -2.03. The fourth-order valence-corrected chi connectivity index (χ4v) is 2.02. The highest BCUT2D eigenvalue weighted by atomic mass is 79.9. The van der Waals surface area contributed by atoms with E-state index in [0.29, 0.717) is 0 Å². The Morgan fingerprint density at radius 2 is 1.95 bits per heavy atom. The second-order valence-electron chi connectivity index (χ2n) is 4.01. The molecule has 5 nitrogen and oxygen atoms in total. The van der Waals surface area contributed by atoms with Crippen LogP contribution in [-0.2, 0) is 6.54 Å². The highest BCUT2D eigenvalue weighted by molar-refractivity contribution is 9.10. The predicted molar refractivity (Wildman–Crippen MR) is 75.1 cm³/mol. The number of hydrogen-bond acceptors (Lipinski definition) is 4. The molecule has 0 aliphatic heterocycles. The normalized spacial score (nSPS) is 10.5. The zero-order valence-electron chi connectivity index (χ0n) is 10.5. The molecule has 2 rings (SSSR count). The van der Waals surface area contributed by atoms with Crippen molar-refractivity contribution in [1.29, 1.82) is 0 Å². The van der Waals surface area contributed by atoms with Crippen molar-refractivity contribution in [1.82, 2.24) is 0 Å². The van der Waals surface area contributed by atoms with Crippen LogP contribution in [0.5, 0.6) is 11.5 Å². The van der Waals surface area contributed by atoms with Gasteiger partial charge in [-0.1, -0.05) is 6.07 Å². The van der Waals surface area contributed by atoms with Gasteiger partial charge in [-0.3, -0.25) is 10.1 Å². The summed E-state index contributed by atoms with van der Waals surface area (Å²) in [6.45, 7) is -0.158. The fraction of sp³-hybridized carbons (Fsp3) is 0.0769. The average Bonchev–Trinajstić information content (AvgIpc) is 2.42. The third-order valence-electron chi connectivity index (χ3n) is 2.70. The second-order valence-corrected chi connectivity index (χ2v) is 4.87. The first-order valence-corrected chi connectivity index (χ1v) is 6.52. The summed E-state index contributed by atoms with van der Waals surface area (Å²) in [4.78, 5) is 10.3. The first-order chi connectivity index (χ1) is 9.93. The third kappa shape index (κ3) is 3.17. The van der Waals surface area contributed by atoms with Gasteiger partial charge in [0.05, 0.1) is 9.40 Å². The quantitative estimate of drug-likeness (QED) is 0.664. The summed E-state index contributed by atoms with van der Waals surface area (Å²) in [6, 6.07) is 5.78. The van der Waals surface area contributed by atoms with Crippen LogP contribution in [0.1, 0.15) is 5.56 Å². The predicted octanol–water partition coefficient (Wildman–Crippen LogP) is 3.89. The van der Waals surface area contributed by atoms with Crippen molar-refractivity contribution in [3.8, 4) is 11.5 Å². The molecule has 2 N–H and O–H groups in total. The zero-order valence-corrected chi connectivity index (χ0v) is 12.1. The summed E-state index contributed by atoms with van der Waals surface area (Å²) in [6.07, 6.45) is 0. The Balaban J connectivity index is 2.51.